The summed E-state index contributed by atoms with van der Waals surface area (Å²) >= 11 is 4.84. The van der Waals surface area contributed by atoms with Crippen molar-refractivity contribution in [3.63, 3.8) is 0 Å². The van der Waals surface area contributed by atoms with E-state index in [0.717, 1.165) is 10.6 Å². The van der Waals surface area contributed by atoms with Gasteiger partial charge in [0.1, 0.15) is 4.47 Å². The summed E-state index contributed by atoms with van der Waals surface area (Å²) < 4.78 is 0.399. The van der Waals surface area contributed by atoms with Crippen LogP contribution in [0.3, 0.4) is 0 Å². The molecule has 1 heterocycles. The summed E-state index contributed by atoms with van der Waals surface area (Å²) in [5.74, 6) is 0.509. The zero-order chi connectivity index (χ0) is 12.3. The molecule has 0 amide bonds. The van der Waals surface area contributed by atoms with Gasteiger partial charge in [-0.1, -0.05) is 12.1 Å². The molecule has 0 aliphatic carbocycles. The topological polar surface area (TPSA) is 57.8 Å². The van der Waals surface area contributed by atoms with Crippen LogP contribution in [0.1, 0.15) is 0 Å². The van der Waals surface area contributed by atoms with Gasteiger partial charge in [-0.2, -0.15) is 0 Å². The summed E-state index contributed by atoms with van der Waals surface area (Å²) in [5.41, 5.74) is 0.725. The highest BCUT2D eigenvalue weighted by Crippen LogP contribution is 2.28. The zero-order valence-corrected chi connectivity index (χ0v) is 11.4. The third-order valence-corrected chi connectivity index (χ3v) is 3.69. The van der Waals surface area contributed by atoms with Crippen molar-refractivity contribution in [2.45, 2.75) is 4.90 Å². The Kier molecular flexibility index (Phi) is 3.86. The first kappa shape index (κ1) is 12.2. The number of halogens is 1. The summed E-state index contributed by atoms with van der Waals surface area (Å²) in [5, 5.41) is 3.13. The van der Waals surface area contributed by atoms with Crippen molar-refractivity contribution in [1.82, 2.24) is 9.97 Å². The Hall–Kier alpha value is -1.27. The van der Waals surface area contributed by atoms with Crippen LogP contribution in [0.4, 0.5) is 11.5 Å². The summed E-state index contributed by atoms with van der Waals surface area (Å²) in [4.78, 5) is 19.1. The lowest BCUT2D eigenvalue weighted by Crippen LogP contribution is -2.10. The second kappa shape index (κ2) is 5.37. The van der Waals surface area contributed by atoms with Gasteiger partial charge in [0, 0.05) is 4.90 Å². The first-order chi connectivity index (χ1) is 8.22. The Bertz CT molecular complexity index is 585. The van der Waals surface area contributed by atoms with Crippen LogP contribution in [0.25, 0.3) is 0 Å². The maximum absolute atomic E-state index is 11.4. The predicted octanol–water partition coefficient (Wildman–Crippen LogP) is 3.00. The van der Waals surface area contributed by atoms with Crippen LogP contribution in [-0.2, 0) is 0 Å². The molecule has 2 N–H and O–H groups in total. The van der Waals surface area contributed by atoms with Crippen molar-refractivity contribution in [3.05, 3.63) is 45.4 Å². The molecule has 2 rings (SSSR count). The molecule has 0 saturated carbocycles. The Morgan fingerprint density at radius 2 is 2.18 bits per heavy atom. The first-order valence-corrected chi connectivity index (χ1v) is 6.87. The second-order valence-corrected chi connectivity index (χ2v) is 4.86. The third-order valence-electron chi connectivity index (χ3n) is 2.16. The lowest BCUT2D eigenvalue weighted by molar-refractivity contribution is 1.10. The van der Waals surface area contributed by atoms with Crippen molar-refractivity contribution >= 4 is 39.2 Å². The molecule has 0 aliphatic rings. The summed E-state index contributed by atoms with van der Waals surface area (Å²) in [6.07, 6.45) is 3.37. The monoisotopic (exact) mass is 311 g/mol. The largest absolute Gasteiger partial charge is 0.338 e. The molecule has 0 spiro atoms. The van der Waals surface area contributed by atoms with Crippen LogP contribution >= 0.6 is 27.7 Å². The molecule has 1 aromatic heterocycles. The minimum Gasteiger partial charge on any atom is -0.338 e. The van der Waals surface area contributed by atoms with Gasteiger partial charge >= 0.3 is 0 Å². The number of aromatic amines is 1. The Morgan fingerprint density at radius 3 is 2.94 bits per heavy atom. The number of nitrogens with zero attached hydrogens (tertiary/aromatic N) is 1. The number of benzene rings is 1. The molecular weight excluding hydrogens is 302 g/mol. The number of thioether (sulfide) groups is 1. The van der Waals surface area contributed by atoms with E-state index in [1.54, 1.807) is 11.8 Å². The lowest BCUT2D eigenvalue weighted by atomic mass is 10.3. The molecule has 0 fully saturated rings. The highest BCUT2D eigenvalue weighted by Gasteiger charge is 2.07. The molecule has 88 valence electrons. The number of hydrogen-bond acceptors (Lipinski definition) is 4. The Balaban J connectivity index is 2.38. The summed E-state index contributed by atoms with van der Waals surface area (Å²) in [6, 6.07) is 7.86. The van der Waals surface area contributed by atoms with Crippen LogP contribution < -0.4 is 10.9 Å². The van der Waals surface area contributed by atoms with Gasteiger partial charge in [-0.05, 0) is 34.3 Å². The van der Waals surface area contributed by atoms with Crippen molar-refractivity contribution < 1.29 is 0 Å². The number of H-pyrrole nitrogens is 1. The first-order valence-electron chi connectivity index (χ1n) is 4.85. The molecule has 0 atom stereocenters. The fraction of sp³-hybridized carbons (Fsp3) is 0.0909. The van der Waals surface area contributed by atoms with Crippen LogP contribution in [0, 0.1) is 0 Å². The van der Waals surface area contributed by atoms with Crippen molar-refractivity contribution in [3.8, 4) is 0 Å². The van der Waals surface area contributed by atoms with E-state index in [0.29, 0.717) is 10.3 Å². The average molecular weight is 312 g/mol. The van der Waals surface area contributed by atoms with Crippen LogP contribution in [0.15, 0.2) is 44.8 Å². The van der Waals surface area contributed by atoms with E-state index in [1.807, 2.05) is 30.5 Å². The van der Waals surface area contributed by atoms with Gasteiger partial charge in [0.05, 0.1) is 12.0 Å². The fourth-order valence-corrected chi connectivity index (χ4v) is 2.22. The average Bonchev–Trinajstić information content (AvgIpc) is 2.35. The minimum atomic E-state index is -0.205. The van der Waals surface area contributed by atoms with E-state index >= 15 is 0 Å². The smallest absolute Gasteiger partial charge is 0.267 e. The van der Waals surface area contributed by atoms with Gasteiger partial charge in [-0.3, -0.25) is 4.79 Å². The molecule has 0 bridgehead atoms. The molecule has 17 heavy (non-hydrogen) atoms. The quantitative estimate of drug-likeness (QED) is 0.856. The van der Waals surface area contributed by atoms with Gasteiger partial charge in [0.2, 0.25) is 0 Å². The highest BCUT2D eigenvalue weighted by atomic mass is 79.9. The maximum Gasteiger partial charge on any atom is 0.267 e. The van der Waals surface area contributed by atoms with Gasteiger partial charge in [0.15, 0.2) is 5.82 Å². The van der Waals surface area contributed by atoms with Crippen molar-refractivity contribution in [2.75, 3.05) is 11.6 Å². The van der Waals surface area contributed by atoms with E-state index < -0.39 is 0 Å². The van der Waals surface area contributed by atoms with E-state index in [2.05, 4.69) is 31.2 Å². The highest BCUT2D eigenvalue weighted by molar-refractivity contribution is 9.10. The Labute approximate surface area is 111 Å². The van der Waals surface area contributed by atoms with Gasteiger partial charge in [0.25, 0.3) is 5.56 Å². The van der Waals surface area contributed by atoms with E-state index in [4.69, 9.17) is 0 Å². The number of para-hydroxylation sites is 1. The number of nitrogens with one attached hydrogen (secondary N) is 2. The minimum absolute atomic E-state index is 0.205. The molecule has 0 saturated heterocycles. The number of rotatable bonds is 3. The predicted molar refractivity (Wildman–Crippen MR) is 74.1 cm³/mol. The van der Waals surface area contributed by atoms with Crippen molar-refractivity contribution in [1.29, 1.82) is 0 Å². The lowest BCUT2D eigenvalue weighted by Gasteiger charge is -2.09. The van der Waals surface area contributed by atoms with Crippen molar-refractivity contribution in [2.24, 2.45) is 0 Å². The standard InChI is InChI=1S/C11H10BrN3OS/c1-17-8-5-3-2-4-7(8)15-10-9(12)11(16)14-6-13-10/h2-6H,1H3,(H2,13,14,15,16). The molecule has 6 heteroatoms. The van der Waals surface area contributed by atoms with Crippen LogP contribution in [-0.4, -0.2) is 16.2 Å². The zero-order valence-electron chi connectivity index (χ0n) is 9.03. The van der Waals surface area contributed by atoms with Gasteiger partial charge < -0.3 is 10.3 Å². The molecule has 0 radical (unpaired) electrons. The molecule has 0 unspecified atom stereocenters. The van der Waals surface area contributed by atoms with E-state index in [1.165, 1.54) is 6.33 Å². The normalized spacial score (nSPS) is 10.2. The van der Waals surface area contributed by atoms with Gasteiger partial charge in [-0.25, -0.2) is 4.98 Å². The molecule has 4 nitrogen and oxygen atoms in total. The molecule has 2 aromatic rings. The number of anilines is 2. The maximum atomic E-state index is 11.4. The third kappa shape index (κ3) is 2.70. The SMILES string of the molecule is CSc1ccccc1Nc1nc[nH]c(=O)c1Br. The molecular formula is C11H10BrN3OS. The summed E-state index contributed by atoms with van der Waals surface area (Å²) in [7, 11) is 0. The Morgan fingerprint density at radius 1 is 1.41 bits per heavy atom. The van der Waals surface area contributed by atoms with Gasteiger partial charge in [-0.15, -0.1) is 11.8 Å². The molecule has 1 aromatic carbocycles. The number of aromatic nitrogens is 2. The molecule has 0 aliphatic heterocycles. The van der Waals surface area contributed by atoms with E-state index in [-0.39, 0.29) is 5.56 Å². The van der Waals surface area contributed by atoms with Crippen LogP contribution in [0.2, 0.25) is 0 Å². The summed E-state index contributed by atoms with van der Waals surface area (Å²) in [6.45, 7) is 0. The van der Waals surface area contributed by atoms with Crippen LogP contribution in [0.5, 0.6) is 0 Å². The second-order valence-electron chi connectivity index (χ2n) is 3.22. The number of hydrogen-bond donors (Lipinski definition) is 2. The van der Waals surface area contributed by atoms with E-state index in [9.17, 15) is 4.79 Å². The fourth-order valence-electron chi connectivity index (χ4n) is 1.35.